The lowest BCUT2D eigenvalue weighted by Gasteiger charge is -2.30. The maximum Gasteiger partial charge on any atom is 0.244 e. The lowest BCUT2D eigenvalue weighted by atomic mass is 9.75. The van der Waals surface area contributed by atoms with Crippen molar-refractivity contribution >= 4 is 5.91 Å². The first-order valence-electron chi connectivity index (χ1n) is 8.00. The summed E-state index contributed by atoms with van der Waals surface area (Å²) in [7, 11) is 0. The second kappa shape index (κ2) is 5.86. The van der Waals surface area contributed by atoms with Crippen LogP contribution in [0.15, 0.2) is 30.6 Å². The summed E-state index contributed by atoms with van der Waals surface area (Å²) in [5.41, 5.74) is 0.729. The van der Waals surface area contributed by atoms with Gasteiger partial charge in [-0.3, -0.25) is 4.79 Å². The number of hydrogen-bond donors (Lipinski definition) is 1. The number of para-hydroxylation sites is 1. The molecule has 1 aromatic heterocycles. The Kier molecular flexibility index (Phi) is 3.68. The van der Waals surface area contributed by atoms with Crippen LogP contribution in [0.4, 0.5) is 0 Å². The first kappa shape index (κ1) is 15.1. The minimum atomic E-state index is -0.358. The first-order valence-corrected chi connectivity index (χ1v) is 8.00. The molecular formula is C16H19N5O3. The van der Waals surface area contributed by atoms with Crippen LogP contribution in [0.2, 0.25) is 0 Å². The van der Waals surface area contributed by atoms with Crippen molar-refractivity contribution in [3.8, 4) is 5.75 Å². The Morgan fingerprint density at radius 3 is 3.08 bits per heavy atom. The van der Waals surface area contributed by atoms with Gasteiger partial charge in [0.15, 0.2) is 0 Å². The van der Waals surface area contributed by atoms with Crippen LogP contribution in [0, 0.1) is 11.3 Å². The van der Waals surface area contributed by atoms with Crippen LogP contribution < -0.4 is 4.74 Å². The molecule has 2 atom stereocenters. The molecule has 0 aliphatic carbocycles. The number of rotatable bonds is 3. The Hall–Kier alpha value is -2.48. The predicted octanol–water partition coefficient (Wildman–Crippen LogP) is -0.255. The molecule has 1 fully saturated rings. The van der Waals surface area contributed by atoms with Crippen molar-refractivity contribution in [3.63, 3.8) is 0 Å². The summed E-state index contributed by atoms with van der Waals surface area (Å²) in [6.45, 7) is 1.75. The first-order chi connectivity index (χ1) is 11.7. The van der Waals surface area contributed by atoms with Crippen LogP contribution in [0.1, 0.15) is 5.56 Å². The fraction of sp³-hybridized carbons (Fsp3) is 0.500. The average molecular weight is 329 g/mol. The second-order valence-corrected chi connectivity index (χ2v) is 6.59. The summed E-state index contributed by atoms with van der Waals surface area (Å²) in [6, 6.07) is 7.92. The lowest BCUT2D eigenvalue weighted by Crippen LogP contribution is -2.39. The largest absolute Gasteiger partial charge is 0.493 e. The third-order valence-corrected chi connectivity index (χ3v) is 5.12. The Bertz CT molecular complexity index is 735. The molecule has 1 aromatic carbocycles. The topological polar surface area (TPSA) is 93.4 Å². The van der Waals surface area contributed by atoms with E-state index < -0.39 is 0 Å². The zero-order valence-electron chi connectivity index (χ0n) is 13.2. The SMILES string of the molecule is O=C(Cn1cnnn1)N1C[C@H]2COc3ccccc3C[C@@]2(CO)C1. The number of nitrogens with zero attached hydrogens (tertiary/aromatic N) is 5. The van der Waals surface area contributed by atoms with E-state index in [4.69, 9.17) is 4.74 Å². The molecule has 1 amide bonds. The Labute approximate surface area is 139 Å². The van der Waals surface area contributed by atoms with Gasteiger partial charge in [-0.25, -0.2) is 4.68 Å². The molecule has 126 valence electrons. The standard InChI is InChI=1S/C16H19N5O3/c22-10-16-5-12-3-1-2-4-14(12)24-8-13(16)6-20(9-16)15(23)7-21-11-17-18-19-21/h1-4,11,13,22H,5-10H2/t13-,16-/m0/s1. The van der Waals surface area contributed by atoms with E-state index in [0.29, 0.717) is 26.1 Å². The monoisotopic (exact) mass is 329 g/mol. The molecule has 4 rings (SSSR count). The van der Waals surface area contributed by atoms with E-state index in [-0.39, 0.29) is 30.4 Å². The van der Waals surface area contributed by atoms with E-state index in [2.05, 4.69) is 15.5 Å². The zero-order valence-corrected chi connectivity index (χ0v) is 13.2. The highest BCUT2D eigenvalue weighted by atomic mass is 16.5. The van der Waals surface area contributed by atoms with Crippen molar-refractivity contribution < 1.29 is 14.6 Å². The van der Waals surface area contributed by atoms with Gasteiger partial charge >= 0.3 is 0 Å². The van der Waals surface area contributed by atoms with Crippen LogP contribution in [0.5, 0.6) is 5.75 Å². The Morgan fingerprint density at radius 1 is 1.42 bits per heavy atom. The minimum absolute atomic E-state index is 0.0318. The number of fused-ring (bicyclic) bond motifs is 2. The normalized spacial score (nSPS) is 25.5. The fourth-order valence-electron chi connectivity index (χ4n) is 3.74. The molecule has 0 bridgehead atoms. The smallest absolute Gasteiger partial charge is 0.244 e. The molecule has 2 aromatic rings. The highest BCUT2D eigenvalue weighted by Gasteiger charge is 2.49. The van der Waals surface area contributed by atoms with Crippen LogP contribution in [0.25, 0.3) is 0 Å². The van der Waals surface area contributed by atoms with E-state index in [1.54, 1.807) is 4.90 Å². The average Bonchev–Trinajstić information content (AvgIpc) is 3.20. The van der Waals surface area contributed by atoms with Gasteiger partial charge in [-0.05, 0) is 28.5 Å². The molecule has 1 N–H and O–H groups in total. The van der Waals surface area contributed by atoms with Crippen LogP contribution in [-0.2, 0) is 17.8 Å². The number of ether oxygens (including phenoxy) is 1. The molecular weight excluding hydrogens is 310 g/mol. The number of hydrogen-bond acceptors (Lipinski definition) is 6. The summed E-state index contributed by atoms with van der Waals surface area (Å²) < 4.78 is 7.35. The minimum Gasteiger partial charge on any atom is -0.493 e. The molecule has 8 nitrogen and oxygen atoms in total. The predicted molar refractivity (Wildman–Crippen MR) is 83.0 cm³/mol. The summed E-state index contributed by atoms with van der Waals surface area (Å²) in [5, 5.41) is 20.9. The number of carbonyl (C=O) groups is 1. The third kappa shape index (κ3) is 2.52. The van der Waals surface area contributed by atoms with Gasteiger partial charge in [0.25, 0.3) is 0 Å². The molecule has 2 aliphatic heterocycles. The van der Waals surface area contributed by atoms with E-state index >= 15 is 0 Å². The Morgan fingerprint density at radius 2 is 2.29 bits per heavy atom. The van der Waals surface area contributed by atoms with Crippen molar-refractivity contribution in [3.05, 3.63) is 36.2 Å². The van der Waals surface area contributed by atoms with Crippen molar-refractivity contribution in [2.45, 2.75) is 13.0 Å². The quantitative estimate of drug-likeness (QED) is 0.834. The van der Waals surface area contributed by atoms with E-state index in [0.717, 1.165) is 11.3 Å². The molecule has 24 heavy (non-hydrogen) atoms. The maximum atomic E-state index is 12.5. The Balaban J connectivity index is 1.55. The van der Waals surface area contributed by atoms with Crippen molar-refractivity contribution in [2.75, 3.05) is 26.3 Å². The van der Waals surface area contributed by atoms with Crippen molar-refractivity contribution in [2.24, 2.45) is 11.3 Å². The number of tetrazole rings is 1. The number of aliphatic hydroxyl groups is 1. The summed E-state index contributed by atoms with van der Waals surface area (Å²) in [4.78, 5) is 14.3. The number of benzene rings is 1. The second-order valence-electron chi connectivity index (χ2n) is 6.59. The van der Waals surface area contributed by atoms with Crippen molar-refractivity contribution in [1.29, 1.82) is 0 Å². The van der Waals surface area contributed by atoms with Crippen LogP contribution in [-0.4, -0.2) is 62.4 Å². The number of aliphatic hydroxyl groups excluding tert-OH is 1. The van der Waals surface area contributed by atoms with Gasteiger partial charge in [0, 0.05) is 24.4 Å². The van der Waals surface area contributed by atoms with E-state index in [1.165, 1.54) is 11.0 Å². The maximum absolute atomic E-state index is 12.5. The van der Waals surface area contributed by atoms with Gasteiger partial charge in [0.2, 0.25) is 5.91 Å². The summed E-state index contributed by atoms with van der Waals surface area (Å²) in [5.74, 6) is 0.940. The number of amides is 1. The van der Waals surface area contributed by atoms with Gasteiger partial charge in [0.1, 0.15) is 18.6 Å². The van der Waals surface area contributed by atoms with Gasteiger partial charge < -0.3 is 14.7 Å². The molecule has 0 saturated carbocycles. The van der Waals surface area contributed by atoms with Gasteiger partial charge in [0.05, 0.1) is 13.2 Å². The fourth-order valence-corrected chi connectivity index (χ4v) is 3.74. The molecule has 2 aliphatic rings. The molecule has 0 radical (unpaired) electrons. The lowest BCUT2D eigenvalue weighted by molar-refractivity contribution is -0.131. The molecule has 1 saturated heterocycles. The molecule has 8 heteroatoms. The van der Waals surface area contributed by atoms with Crippen LogP contribution in [0.3, 0.4) is 0 Å². The number of carbonyl (C=O) groups excluding carboxylic acids is 1. The highest BCUT2D eigenvalue weighted by molar-refractivity contribution is 5.76. The van der Waals surface area contributed by atoms with Gasteiger partial charge in [-0.1, -0.05) is 18.2 Å². The molecule has 0 unspecified atom stereocenters. The highest BCUT2D eigenvalue weighted by Crippen LogP contribution is 2.43. The van der Waals surface area contributed by atoms with Crippen molar-refractivity contribution in [1.82, 2.24) is 25.1 Å². The van der Waals surface area contributed by atoms with Crippen LogP contribution >= 0.6 is 0 Å². The molecule has 3 heterocycles. The third-order valence-electron chi connectivity index (χ3n) is 5.12. The summed E-state index contributed by atoms with van der Waals surface area (Å²) in [6.07, 6.45) is 2.13. The van der Waals surface area contributed by atoms with Gasteiger partial charge in [-0.15, -0.1) is 5.10 Å². The van der Waals surface area contributed by atoms with E-state index in [1.807, 2.05) is 24.3 Å². The van der Waals surface area contributed by atoms with Gasteiger partial charge in [-0.2, -0.15) is 0 Å². The zero-order chi connectivity index (χ0) is 16.6. The summed E-state index contributed by atoms with van der Waals surface area (Å²) >= 11 is 0. The molecule has 0 spiro atoms. The van der Waals surface area contributed by atoms with E-state index in [9.17, 15) is 9.90 Å². The number of aromatic nitrogens is 4. The number of likely N-dealkylation sites (tertiary alicyclic amines) is 1.